The summed E-state index contributed by atoms with van der Waals surface area (Å²) in [5.41, 5.74) is -0.236. The second kappa shape index (κ2) is 7.67. The van der Waals surface area contributed by atoms with Crippen molar-refractivity contribution in [3.05, 3.63) is 35.4 Å². The van der Waals surface area contributed by atoms with Crippen molar-refractivity contribution >= 4 is 0 Å². The van der Waals surface area contributed by atoms with Crippen molar-refractivity contribution in [2.75, 3.05) is 32.8 Å². The molecule has 0 bridgehead atoms. The summed E-state index contributed by atoms with van der Waals surface area (Å²) in [5, 5.41) is 12.8. The first kappa shape index (κ1) is 17.0. The molecule has 1 aromatic rings. The SMILES string of the molecule is CCN(CC)CCNC(C)(CO)c1ccc(F)c(F)c1. The van der Waals surface area contributed by atoms with Crippen molar-refractivity contribution in [2.45, 2.75) is 26.3 Å². The monoisotopic (exact) mass is 286 g/mol. The zero-order valence-electron chi connectivity index (χ0n) is 12.4. The average Bonchev–Trinajstić information content (AvgIpc) is 2.46. The van der Waals surface area contributed by atoms with Gasteiger partial charge in [-0.2, -0.15) is 0 Å². The largest absolute Gasteiger partial charge is 0.394 e. The zero-order valence-corrected chi connectivity index (χ0v) is 12.4. The first-order valence-electron chi connectivity index (χ1n) is 7.00. The number of nitrogens with one attached hydrogen (secondary N) is 1. The molecule has 2 N–H and O–H groups in total. The number of aliphatic hydroxyl groups is 1. The molecular formula is C15H24F2N2O. The number of likely N-dealkylation sites (N-methyl/N-ethyl adjacent to an activating group) is 1. The molecule has 1 aromatic carbocycles. The fourth-order valence-electron chi connectivity index (χ4n) is 2.12. The van der Waals surface area contributed by atoms with Crippen LogP contribution >= 0.6 is 0 Å². The van der Waals surface area contributed by atoms with E-state index < -0.39 is 17.2 Å². The van der Waals surface area contributed by atoms with E-state index in [0.717, 1.165) is 31.8 Å². The fraction of sp³-hybridized carbons (Fsp3) is 0.600. The highest BCUT2D eigenvalue weighted by Crippen LogP contribution is 2.22. The maximum absolute atomic E-state index is 13.3. The lowest BCUT2D eigenvalue weighted by atomic mass is 9.92. The van der Waals surface area contributed by atoms with Crippen LogP contribution in [0.4, 0.5) is 8.78 Å². The van der Waals surface area contributed by atoms with Gasteiger partial charge in [-0.1, -0.05) is 19.9 Å². The lowest BCUT2D eigenvalue weighted by Gasteiger charge is -2.31. The van der Waals surface area contributed by atoms with Crippen molar-refractivity contribution in [3.63, 3.8) is 0 Å². The molecule has 0 aliphatic carbocycles. The maximum Gasteiger partial charge on any atom is 0.159 e. The van der Waals surface area contributed by atoms with E-state index in [0.29, 0.717) is 12.1 Å². The van der Waals surface area contributed by atoms with Gasteiger partial charge in [0, 0.05) is 13.1 Å². The van der Waals surface area contributed by atoms with Gasteiger partial charge >= 0.3 is 0 Å². The molecule has 0 spiro atoms. The molecule has 1 unspecified atom stereocenters. The van der Waals surface area contributed by atoms with Gasteiger partial charge in [0.1, 0.15) is 0 Å². The zero-order chi connectivity index (χ0) is 15.2. The van der Waals surface area contributed by atoms with Crippen LogP contribution in [-0.4, -0.2) is 42.8 Å². The molecule has 0 aliphatic rings. The Morgan fingerprint density at radius 1 is 1.20 bits per heavy atom. The Balaban J connectivity index is 2.73. The minimum Gasteiger partial charge on any atom is -0.394 e. The minimum atomic E-state index is -0.896. The Kier molecular flexibility index (Phi) is 6.52. The number of halogens is 2. The summed E-state index contributed by atoms with van der Waals surface area (Å²) in [7, 11) is 0. The Bertz CT molecular complexity index is 424. The van der Waals surface area contributed by atoms with Crippen LogP contribution in [0.5, 0.6) is 0 Å². The minimum absolute atomic E-state index is 0.184. The Labute approximate surface area is 119 Å². The number of aliphatic hydroxyl groups excluding tert-OH is 1. The Hall–Kier alpha value is -1.04. The summed E-state index contributed by atoms with van der Waals surface area (Å²) in [5.74, 6) is -1.77. The molecule has 20 heavy (non-hydrogen) atoms. The van der Waals surface area contributed by atoms with E-state index in [-0.39, 0.29) is 6.61 Å². The second-order valence-corrected chi connectivity index (χ2v) is 5.07. The molecule has 0 aliphatic heterocycles. The number of nitrogens with zero attached hydrogens (tertiary/aromatic N) is 1. The fourth-order valence-corrected chi connectivity index (χ4v) is 2.12. The van der Waals surface area contributed by atoms with E-state index in [2.05, 4.69) is 24.1 Å². The molecule has 0 saturated carbocycles. The molecule has 1 rings (SSSR count). The Morgan fingerprint density at radius 3 is 2.35 bits per heavy atom. The standard InChI is InChI=1S/C15H24F2N2O/c1-4-19(5-2)9-8-18-15(3,11-20)12-6-7-13(16)14(17)10-12/h6-7,10,18,20H,4-5,8-9,11H2,1-3H3. The molecule has 0 amide bonds. The van der Waals surface area contributed by atoms with Crippen LogP contribution in [-0.2, 0) is 5.54 Å². The maximum atomic E-state index is 13.3. The van der Waals surface area contributed by atoms with E-state index >= 15 is 0 Å². The highest BCUT2D eigenvalue weighted by Gasteiger charge is 2.26. The van der Waals surface area contributed by atoms with Crippen LogP contribution in [0.1, 0.15) is 26.3 Å². The summed E-state index contributed by atoms with van der Waals surface area (Å²) in [6.07, 6.45) is 0. The predicted molar refractivity (Wildman–Crippen MR) is 76.6 cm³/mol. The van der Waals surface area contributed by atoms with Crippen molar-refractivity contribution in [2.24, 2.45) is 0 Å². The van der Waals surface area contributed by atoms with Gasteiger partial charge in [0.25, 0.3) is 0 Å². The van der Waals surface area contributed by atoms with E-state index in [9.17, 15) is 13.9 Å². The number of hydrogen-bond acceptors (Lipinski definition) is 3. The number of benzene rings is 1. The van der Waals surface area contributed by atoms with Gasteiger partial charge in [-0.3, -0.25) is 0 Å². The molecule has 114 valence electrons. The van der Waals surface area contributed by atoms with E-state index in [1.54, 1.807) is 6.92 Å². The lowest BCUT2D eigenvalue weighted by molar-refractivity contribution is 0.168. The van der Waals surface area contributed by atoms with Crippen LogP contribution in [0, 0.1) is 11.6 Å². The predicted octanol–water partition coefficient (Wildman–Crippen LogP) is 2.10. The summed E-state index contributed by atoms with van der Waals surface area (Å²) in [6.45, 7) is 9.19. The molecular weight excluding hydrogens is 262 g/mol. The van der Waals surface area contributed by atoms with Crippen molar-refractivity contribution in [1.82, 2.24) is 10.2 Å². The first-order chi connectivity index (χ1) is 9.46. The molecule has 1 atom stereocenters. The molecule has 0 heterocycles. The smallest absolute Gasteiger partial charge is 0.159 e. The third kappa shape index (κ3) is 4.23. The van der Waals surface area contributed by atoms with E-state index in [4.69, 9.17) is 0 Å². The molecule has 0 radical (unpaired) electrons. The van der Waals surface area contributed by atoms with Crippen molar-refractivity contribution in [3.8, 4) is 0 Å². The molecule has 0 saturated heterocycles. The summed E-state index contributed by atoms with van der Waals surface area (Å²) < 4.78 is 26.3. The highest BCUT2D eigenvalue weighted by molar-refractivity contribution is 5.25. The van der Waals surface area contributed by atoms with Crippen LogP contribution in [0.2, 0.25) is 0 Å². The van der Waals surface area contributed by atoms with E-state index in [1.165, 1.54) is 6.07 Å². The van der Waals surface area contributed by atoms with Gasteiger partial charge in [0.05, 0.1) is 12.1 Å². The normalized spacial score (nSPS) is 14.6. The van der Waals surface area contributed by atoms with Crippen LogP contribution in [0.15, 0.2) is 18.2 Å². The molecule has 0 fully saturated rings. The first-order valence-corrected chi connectivity index (χ1v) is 7.00. The van der Waals surface area contributed by atoms with E-state index in [1.807, 2.05) is 0 Å². The Morgan fingerprint density at radius 2 is 1.85 bits per heavy atom. The van der Waals surface area contributed by atoms with Gasteiger partial charge in [-0.25, -0.2) is 8.78 Å². The van der Waals surface area contributed by atoms with Gasteiger partial charge in [0.15, 0.2) is 11.6 Å². The second-order valence-electron chi connectivity index (χ2n) is 5.07. The van der Waals surface area contributed by atoms with Gasteiger partial charge < -0.3 is 15.3 Å². The molecule has 3 nitrogen and oxygen atoms in total. The summed E-state index contributed by atoms with van der Waals surface area (Å²) >= 11 is 0. The third-order valence-corrected chi connectivity index (χ3v) is 3.71. The average molecular weight is 286 g/mol. The van der Waals surface area contributed by atoms with Crippen LogP contribution in [0.3, 0.4) is 0 Å². The van der Waals surface area contributed by atoms with Crippen molar-refractivity contribution < 1.29 is 13.9 Å². The summed E-state index contributed by atoms with van der Waals surface area (Å²) in [6, 6.07) is 3.72. The quantitative estimate of drug-likeness (QED) is 0.768. The summed E-state index contributed by atoms with van der Waals surface area (Å²) in [4.78, 5) is 2.25. The van der Waals surface area contributed by atoms with Gasteiger partial charge in [-0.05, 0) is 37.7 Å². The van der Waals surface area contributed by atoms with Crippen LogP contribution in [0.25, 0.3) is 0 Å². The number of rotatable bonds is 8. The molecule has 0 aromatic heterocycles. The molecule has 5 heteroatoms. The number of hydrogen-bond donors (Lipinski definition) is 2. The van der Waals surface area contributed by atoms with Crippen molar-refractivity contribution in [1.29, 1.82) is 0 Å². The third-order valence-electron chi connectivity index (χ3n) is 3.71. The highest BCUT2D eigenvalue weighted by atomic mass is 19.2. The topological polar surface area (TPSA) is 35.5 Å². The van der Waals surface area contributed by atoms with Gasteiger partial charge in [-0.15, -0.1) is 0 Å². The van der Waals surface area contributed by atoms with Crippen LogP contribution < -0.4 is 5.32 Å². The van der Waals surface area contributed by atoms with Gasteiger partial charge in [0.2, 0.25) is 0 Å². The lowest BCUT2D eigenvalue weighted by Crippen LogP contribution is -2.46.